The number of amides is 1. The molecule has 1 aliphatic carbocycles. The third-order valence-electron chi connectivity index (χ3n) is 6.84. The summed E-state index contributed by atoms with van der Waals surface area (Å²) in [6, 6.07) is 9.55. The molecule has 0 radical (unpaired) electrons. The van der Waals surface area contributed by atoms with Crippen LogP contribution in [-0.2, 0) is 4.79 Å². The molecule has 3 aromatic rings. The number of benzene rings is 1. The van der Waals surface area contributed by atoms with E-state index in [9.17, 15) is 4.79 Å². The first-order valence-corrected chi connectivity index (χ1v) is 11.5. The molecule has 5 rings (SSSR count). The van der Waals surface area contributed by atoms with E-state index in [2.05, 4.69) is 32.1 Å². The first-order valence-electron chi connectivity index (χ1n) is 11.5. The molecule has 3 heterocycles. The van der Waals surface area contributed by atoms with E-state index in [-0.39, 0.29) is 11.8 Å². The fraction of sp³-hybridized carbons (Fsp3) is 0.440. The Morgan fingerprint density at radius 3 is 2.55 bits per heavy atom. The minimum absolute atomic E-state index is 0.0687. The average molecular weight is 450 g/mol. The topological polar surface area (TPSA) is 82.7 Å². The van der Waals surface area contributed by atoms with Crippen molar-refractivity contribution < 1.29 is 14.3 Å². The summed E-state index contributed by atoms with van der Waals surface area (Å²) in [5.41, 5.74) is 2.52. The molecule has 1 aromatic carbocycles. The Morgan fingerprint density at radius 1 is 1.12 bits per heavy atom. The lowest BCUT2D eigenvalue weighted by Gasteiger charge is -2.32. The quantitative estimate of drug-likeness (QED) is 0.577. The highest BCUT2D eigenvalue weighted by atomic mass is 16.5. The highest BCUT2D eigenvalue weighted by Crippen LogP contribution is 2.42. The maximum atomic E-state index is 12.8. The molecule has 2 aliphatic rings. The SMILES string of the molecule is COc1cccc(OC)c1-c1c[nH]c2nc(NC(=O)C3CC3CN3CCN(C)CC3)ccc12. The summed E-state index contributed by atoms with van der Waals surface area (Å²) < 4.78 is 11.1. The second-order valence-corrected chi connectivity index (χ2v) is 9.03. The molecular weight excluding hydrogens is 418 g/mol. The van der Waals surface area contributed by atoms with Crippen LogP contribution in [0, 0.1) is 11.8 Å². The summed E-state index contributed by atoms with van der Waals surface area (Å²) in [7, 11) is 5.45. The van der Waals surface area contributed by atoms with Crippen LogP contribution in [0.1, 0.15) is 6.42 Å². The molecule has 2 N–H and O–H groups in total. The minimum Gasteiger partial charge on any atom is -0.496 e. The van der Waals surface area contributed by atoms with Crippen LogP contribution in [0.5, 0.6) is 11.5 Å². The lowest BCUT2D eigenvalue weighted by Crippen LogP contribution is -2.45. The van der Waals surface area contributed by atoms with Crippen molar-refractivity contribution in [3.8, 4) is 22.6 Å². The Balaban J connectivity index is 1.28. The number of pyridine rings is 1. The van der Waals surface area contributed by atoms with Crippen LogP contribution < -0.4 is 14.8 Å². The van der Waals surface area contributed by atoms with E-state index in [0.717, 1.165) is 67.2 Å². The summed E-state index contributed by atoms with van der Waals surface area (Å²) in [4.78, 5) is 25.5. The number of hydrogen-bond acceptors (Lipinski definition) is 6. The fourth-order valence-corrected chi connectivity index (χ4v) is 4.75. The number of methoxy groups -OCH3 is 2. The zero-order chi connectivity index (χ0) is 22.9. The number of anilines is 1. The van der Waals surface area contributed by atoms with Gasteiger partial charge in [-0.15, -0.1) is 0 Å². The average Bonchev–Trinajstić information content (AvgIpc) is 3.48. The van der Waals surface area contributed by atoms with Crippen molar-refractivity contribution >= 4 is 22.8 Å². The van der Waals surface area contributed by atoms with Crippen LogP contribution in [0.2, 0.25) is 0 Å². The number of ether oxygens (including phenoxy) is 2. The second-order valence-electron chi connectivity index (χ2n) is 9.03. The van der Waals surface area contributed by atoms with Gasteiger partial charge in [0.25, 0.3) is 0 Å². The van der Waals surface area contributed by atoms with Crippen molar-refractivity contribution in [3.63, 3.8) is 0 Å². The van der Waals surface area contributed by atoms with Crippen LogP contribution in [0.4, 0.5) is 5.82 Å². The first-order chi connectivity index (χ1) is 16.1. The molecule has 0 bridgehead atoms. The van der Waals surface area contributed by atoms with Crippen molar-refractivity contribution in [2.75, 3.05) is 59.3 Å². The van der Waals surface area contributed by atoms with Gasteiger partial charge < -0.3 is 29.6 Å². The van der Waals surface area contributed by atoms with Gasteiger partial charge in [0.15, 0.2) is 0 Å². The summed E-state index contributed by atoms with van der Waals surface area (Å²) in [6.07, 6.45) is 2.86. The van der Waals surface area contributed by atoms with Crippen LogP contribution in [0.3, 0.4) is 0 Å². The standard InChI is InChI=1S/C25H31N5O3/c1-29-9-11-30(12-10-29)15-16-13-18(16)25(31)28-22-8-7-17-19(14-26-24(17)27-22)23-20(32-2)5-4-6-21(23)33-3/h4-8,14,16,18H,9-13,15H2,1-3H3,(H2,26,27,28,31). The van der Waals surface area contributed by atoms with E-state index < -0.39 is 0 Å². The number of aromatic nitrogens is 2. The molecule has 174 valence electrons. The first kappa shape index (κ1) is 21.7. The summed E-state index contributed by atoms with van der Waals surface area (Å²) >= 11 is 0. The lowest BCUT2D eigenvalue weighted by atomic mass is 10.0. The van der Waals surface area contributed by atoms with Gasteiger partial charge in [-0.3, -0.25) is 4.79 Å². The number of fused-ring (bicyclic) bond motifs is 1. The number of piperazine rings is 1. The van der Waals surface area contributed by atoms with Crippen molar-refractivity contribution in [1.82, 2.24) is 19.8 Å². The highest BCUT2D eigenvalue weighted by molar-refractivity contribution is 5.99. The molecule has 33 heavy (non-hydrogen) atoms. The monoisotopic (exact) mass is 449 g/mol. The number of likely N-dealkylation sites (N-methyl/N-ethyl adjacent to an activating group) is 1. The number of nitrogens with one attached hydrogen (secondary N) is 2. The number of carbonyl (C=O) groups excluding carboxylic acids is 1. The molecule has 2 aromatic heterocycles. The third-order valence-corrected chi connectivity index (χ3v) is 6.84. The van der Waals surface area contributed by atoms with Gasteiger partial charge in [-0.2, -0.15) is 0 Å². The molecule has 1 saturated heterocycles. The van der Waals surface area contributed by atoms with E-state index in [1.54, 1.807) is 14.2 Å². The van der Waals surface area contributed by atoms with E-state index in [4.69, 9.17) is 9.47 Å². The van der Waals surface area contributed by atoms with Gasteiger partial charge in [0.05, 0.1) is 19.8 Å². The van der Waals surface area contributed by atoms with E-state index in [1.807, 2.05) is 36.5 Å². The van der Waals surface area contributed by atoms with Gasteiger partial charge in [0.2, 0.25) is 5.91 Å². The Kier molecular flexibility index (Phi) is 5.95. The van der Waals surface area contributed by atoms with Crippen molar-refractivity contribution in [2.45, 2.75) is 6.42 Å². The number of nitrogens with zero attached hydrogens (tertiary/aromatic N) is 3. The predicted molar refractivity (Wildman–Crippen MR) is 129 cm³/mol. The van der Waals surface area contributed by atoms with Crippen molar-refractivity contribution in [2.24, 2.45) is 11.8 Å². The molecule has 8 nitrogen and oxygen atoms in total. The largest absolute Gasteiger partial charge is 0.496 e. The smallest absolute Gasteiger partial charge is 0.228 e. The van der Waals surface area contributed by atoms with Crippen molar-refractivity contribution in [1.29, 1.82) is 0 Å². The van der Waals surface area contributed by atoms with Gasteiger partial charge in [-0.05, 0) is 43.7 Å². The third kappa shape index (κ3) is 4.41. The Labute approximate surface area is 193 Å². The predicted octanol–water partition coefficient (Wildman–Crippen LogP) is 3.07. The normalized spacial score (nSPS) is 21.2. The zero-order valence-electron chi connectivity index (χ0n) is 19.4. The van der Waals surface area contributed by atoms with E-state index >= 15 is 0 Å². The summed E-state index contributed by atoms with van der Waals surface area (Å²) in [5.74, 6) is 2.63. The van der Waals surface area contributed by atoms with Gasteiger partial charge in [0, 0.05) is 55.8 Å². The number of aromatic amines is 1. The Hall–Kier alpha value is -3.10. The Morgan fingerprint density at radius 2 is 1.85 bits per heavy atom. The van der Waals surface area contributed by atoms with Crippen LogP contribution in [0.25, 0.3) is 22.2 Å². The van der Waals surface area contributed by atoms with Gasteiger partial charge >= 0.3 is 0 Å². The fourth-order valence-electron chi connectivity index (χ4n) is 4.75. The number of hydrogen-bond donors (Lipinski definition) is 2. The van der Waals surface area contributed by atoms with Gasteiger partial charge in [0.1, 0.15) is 23.0 Å². The van der Waals surface area contributed by atoms with E-state index in [1.165, 1.54) is 0 Å². The molecule has 1 aliphatic heterocycles. The molecule has 2 fully saturated rings. The number of carbonyl (C=O) groups is 1. The number of rotatable bonds is 7. The van der Waals surface area contributed by atoms with Gasteiger partial charge in [-0.25, -0.2) is 4.98 Å². The summed E-state index contributed by atoms with van der Waals surface area (Å²) in [5, 5.41) is 3.96. The van der Waals surface area contributed by atoms with Gasteiger partial charge in [-0.1, -0.05) is 6.07 Å². The highest BCUT2D eigenvalue weighted by Gasteiger charge is 2.44. The van der Waals surface area contributed by atoms with Crippen molar-refractivity contribution in [3.05, 3.63) is 36.5 Å². The molecule has 8 heteroatoms. The Bertz CT molecular complexity index is 1130. The molecule has 1 saturated carbocycles. The summed E-state index contributed by atoms with van der Waals surface area (Å²) in [6.45, 7) is 5.40. The van der Waals surface area contributed by atoms with Crippen LogP contribution >= 0.6 is 0 Å². The van der Waals surface area contributed by atoms with E-state index in [0.29, 0.717) is 17.4 Å². The van der Waals surface area contributed by atoms with Crippen LogP contribution in [-0.4, -0.2) is 79.7 Å². The molecule has 2 unspecified atom stereocenters. The number of H-pyrrole nitrogens is 1. The molecular formula is C25H31N5O3. The van der Waals surface area contributed by atoms with Crippen LogP contribution in [0.15, 0.2) is 36.5 Å². The zero-order valence-corrected chi connectivity index (χ0v) is 19.4. The maximum absolute atomic E-state index is 12.8. The lowest BCUT2D eigenvalue weighted by molar-refractivity contribution is -0.117. The molecule has 2 atom stereocenters. The second kappa shape index (κ2) is 9.03. The maximum Gasteiger partial charge on any atom is 0.228 e. The minimum atomic E-state index is 0.0687. The molecule has 0 spiro atoms. The molecule has 1 amide bonds.